The summed E-state index contributed by atoms with van der Waals surface area (Å²) in [4.78, 5) is 6.61. The van der Waals surface area contributed by atoms with Gasteiger partial charge in [-0.25, -0.2) is 9.97 Å². The molecule has 1 aromatic heterocycles. The Labute approximate surface area is 120 Å². The summed E-state index contributed by atoms with van der Waals surface area (Å²) in [6.45, 7) is 2.44. The van der Waals surface area contributed by atoms with Crippen molar-refractivity contribution in [1.82, 2.24) is 9.97 Å². The van der Waals surface area contributed by atoms with Gasteiger partial charge in [0.25, 0.3) is 0 Å². The van der Waals surface area contributed by atoms with E-state index < -0.39 is 12.0 Å². The number of alkyl halides is 3. The molecular formula is C14H15F3N4. The van der Waals surface area contributed by atoms with Crippen LogP contribution in [0.2, 0.25) is 0 Å². The highest BCUT2D eigenvalue weighted by Crippen LogP contribution is 2.27. The maximum atomic E-state index is 12.6. The Balaban J connectivity index is 2.02. The van der Waals surface area contributed by atoms with Crippen molar-refractivity contribution >= 4 is 11.6 Å². The zero-order valence-electron chi connectivity index (χ0n) is 11.4. The van der Waals surface area contributed by atoms with Gasteiger partial charge >= 0.3 is 6.18 Å². The second-order valence-electron chi connectivity index (χ2n) is 4.67. The van der Waals surface area contributed by atoms with Crippen LogP contribution < -0.4 is 11.1 Å². The summed E-state index contributed by atoms with van der Waals surface area (Å²) in [5.74, 6) is -1.38. The van der Waals surface area contributed by atoms with E-state index in [0.717, 1.165) is 11.1 Å². The fourth-order valence-electron chi connectivity index (χ4n) is 1.89. The fraction of sp³-hybridized carbons (Fsp3) is 0.286. The lowest BCUT2D eigenvalue weighted by atomic mass is 10.1. The van der Waals surface area contributed by atoms with Gasteiger partial charge in [-0.15, -0.1) is 0 Å². The van der Waals surface area contributed by atoms with Crippen molar-refractivity contribution in [2.75, 3.05) is 17.6 Å². The number of rotatable bonds is 4. The zero-order chi connectivity index (χ0) is 15.5. The Bertz CT molecular complexity index is 626. The largest absolute Gasteiger partial charge is 0.451 e. The highest BCUT2D eigenvalue weighted by Gasteiger charge is 2.35. The molecule has 0 spiro atoms. The first kappa shape index (κ1) is 15.1. The van der Waals surface area contributed by atoms with Crippen molar-refractivity contribution in [3.8, 4) is 0 Å². The monoisotopic (exact) mass is 296 g/mol. The Morgan fingerprint density at radius 1 is 1.19 bits per heavy atom. The number of aryl methyl sites for hydroxylation is 1. The molecule has 0 aliphatic heterocycles. The van der Waals surface area contributed by atoms with Crippen molar-refractivity contribution in [3.05, 3.63) is 47.3 Å². The molecule has 2 rings (SSSR count). The van der Waals surface area contributed by atoms with E-state index in [2.05, 4.69) is 15.3 Å². The van der Waals surface area contributed by atoms with Crippen LogP contribution in [0, 0.1) is 6.92 Å². The van der Waals surface area contributed by atoms with Gasteiger partial charge in [-0.05, 0) is 18.9 Å². The first-order valence-corrected chi connectivity index (χ1v) is 6.36. The summed E-state index contributed by atoms with van der Waals surface area (Å²) in [5, 5.41) is 2.83. The third kappa shape index (κ3) is 4.34. The quantitative estimate of drug-likeness (QED) is 0.910. The molecule has 0 aliphatic rings. The van der Waals surface area contributed by atoms with Crippen LogP contribution >= 0.6 is 0 Å². The lowest BCUT2D eigenvalue weighted by molar-refractivity contribution is -0.144. The Hall–Kier alpha value is -2.31. The van der Waals surface area contributed by atoms with Crippen LogP contribution in [0.25, 0.3) is 0 Å². The van der Waals surface area contributed by atoms with Crippen LogP contribution in [-0.4, -0.2) is 16.5 Å². The lowest BCUT2D eigenvalue weighted by Gasteiger charge is -2.10. The summed E-state index contributed by atoms with van der Waals surface area (Å²) >= 11 is 0. The molecule has 0 radical (unpaired) electrons. The fourth-order valence-corrected chi connectivity index (χ4v) is 1.89. The molecule has 7 heteroatoms. The molecule has 0 amide bonds. The molecule has 0 aliphatic carbocycles. The summed E-state index contributed by atoms with van der Waals surface area (Å²) in [5.41, 5.74) is 7.60. The smallest absolute Gasteiger partial charge is 0.384 e. The average molecular weight is 296 g/mol. The summed E-state index contributed by atoms with van der Waals surface area (Å²) < 4.78 is 37.7. The van der Waals surface area contributed by atoms with Gasteiger partial charge in [0.2, 0.25) is 5.82 Å². The van der Waals surface area contributed by atoms with Crippen molar-refractivity contribution in [2.24, 2.45) is 0 Å². The van der Waals surface area contributed by atoms with Crippen LogP contribution in [0.15, 0.2) is 30.3 Å². The lowest BCUT2D eigenvalue weighted by Crippen LogP contribution is -2.15. The third-order valence-corrected chi connectivity index (χ3v) is 2.80. The van der Waals surface area contributed by atoms with Crippen molar-refractivity contribution in [3.63, 3.8) is 0 Å². The van der Waals surface area contributed by atoms with Crippen LogP contribution in [0.3, 0.4) is 0 Å². The molecule has 0 bridgehead atoms. The van der Waals surface area contributed by atoms with E-state index in [4.69, 9.17) is 5.73 Å². The molecule has 112 valence electrons. The molecule has 1 heterocycles. The maximum absolute atomic E-state index is 12.6. The number of nitrogens with two attached hydrogens (primary N) is 1. The van der Waals surface area contributed by atoms with Gasteiger partial charge in [-0.1, -0.05) is 29.8 Å². The van der Waals surface area contributed by atoms with Crippen LogP contribution in [0.1, 0.15) is 17.0 Å². The molecule has 0 atom stereocenters. The topological polar surface area (TPSA) is 63.8 Å². The van der Waals surface area contributed by atoms with E-state index in [1.165, 1.54) is 6.07 Å². The van der Waals surface area contributed by atoms with Gasteiger partial charge in [0.05, 0.1) is 0 Å². The SMILES string of the molecule is Cc1cccc(CCNc2cc(N)nc(C(F)(F)F)n2)c1. The molecule has 0 saturated carbocycles. The van der Waals surface area contributed by atoms with Crippen LogP contribution in [0.5, 0.6) is 0 Å². The second-order valence-corrected chi connectivity index (χ2v) is 4.67. The van der Waals surface area contributed by atoms with E-state index in [1.54, 1.807) is 0 Å². The number of nitrogen functional groups attached to an aromatic ring is 1. The van der Waals surface area contributed by atoms with E-state index in [0.29, 0.717) is 13.0 Å². The second kappa shape index (κ2) is 5.99. The molecule has 0 unspecified atom stereocenters. The number of nitrogens with zero attached hydrogens (tertiary/aromatic N) is 2. The number of aromatic nitrogens is 2. The van der Waals surface area contributed by atoms with Gasteiger partial charge in [-0.3, -0.25) is 0 Å². The van der Waals surface area contributed by atoms with E-state index in [-0.39, 0.29) is 11.6 Å². The minimum Gasteiger partial charge on any atom is -0.384 e. The normalized spacial score (nSPS) is 11.4. The molecule has 3 N–H and O–H groups in total. The van der Waals surface area contributed by atoms with Gasteiger partial charge in [-0.2, -0.15) is 13.2 Å². The highest BCUT2D eigenvalue weighted by atomic mass is 19.4. The first-order valence-electron chi connectivity index (χ1n) is 6.36. The van der Waals surface area contributed by atoms with Crippen LogP contribution in [-0.2, 0) is 12.6 Å². The molecular weight excluding hydrogens is 281 g/mol. The van der Waals surface area contributed by atoms with E-state index >= 15 is 0 Å². The Morgan fingerprint density at radius 2 is 1.95 bits per heavy atom. The number of nitrogens with one attached hydrogen (secondary N) is 1. The maximum Gasteiger partial charge on any atom is 0.451 e. The minimum atomic E-state index is -4.61. The van der Waals surface area contributed by atoms with Gasteiger partial charge < -0.3 is 11.1 Å². The van der Waals surface area contributed by atoms with Gasteiger partial charge in [0.1, 0.15) is 11.6 Å². The predicted molar refractivity (Wildman–Crippen MR) is 74.8 cm³/mol. The average Bonchev–Trinajstić information content (AvgIpc) is 2.37. The highest BCUT2D eigenvalue weighted by molar-refractivity contribution is 5.45. The van der Waals surface area contributed by atoms with Crippen LogP contribution in [0.4, 0.5) is 24.8 Å². The minimum absolute atomic E-state index is 0.0717. The van der Waals surface area contributed by atoms with Crippen molar-refractivity contribution in [1.29, 1.82) is 0 Å². The van der Waals surface area contributed by atoms with Crippen molar-refractivity contribution in [2.45, 2.75) is 19.5 Å². The molecule has 4 nitrogen and oxygen atoms in total. The summed E-state index contributed by atoms with van der Waals surface area (Å²) in [6.07, 6.45) is -3.94. The number of hydrogen-bond acceptors (Lipinski definition) is 4. The molecule has 1 aromatic carbocycles. The number of hydrogen-bond donors (Lipinski definition) is 2. The first-order chi connectivity index (χ1) is 9.84. The van der Waals surface area contributed by atoms with Crippen molar-refractivity contribution < 1.29 is 13.2 Å². The Morgan fingerprint density at radius 3 is 2.62 bits per heavy atom. The molecule has 0 saturated heterocycles. The Kier molecular flexibility index (Phi) is 4.30. The summed E-state index contributed by atoms with van der Waals surface area (Å²) in [6, 6.07) is 9.19. The number of benzene rings is 1. The standard InChI is InChI=1S/C14H15F3N4/c1-9-3-2-4-10(7-9)5-6-19-12-8-11(18)20-13(21-12)14(15,16)17/h2-4,7-8H,5-6H2,1H3,(H3,18,19,20,21). The number of anilines is 2. The third-order valence-electron chi connectivity index (χ3n) is 2.80. The number of halogens is 3. The summed E-state index contributed by atoms with van der Waals surface area (Å²) in [7, 11) is 0. The van der Waals surface area contributed by atoms with Gasteiger partial charge in [0.15, 0.2) is 0 Å². The predicted octanol–water partition coefficient (Wildman–Crippen LogP) is 3.04. The molecule has 21 heavy (non-hydrogen) atoms. The molecule has 0 fully saturated rings. The van der Waals surface area contributed by atoms with Gasteiger partial charge in [0, 0.05) is 12.6 Å². The van der Waals surface area contributed by atoms with E-state index in [1.807, 2.05) is 31.2 Å². The zero-order valence-corrected chi connectivity index (χ0v) is 11.4. The molecule has 2 aromatic rings. The van der Waals surface area contributed by atoms with E-state index in [9.17, 15) is 13.2 Å².